The number of carbonyl (C=O) groups excluding carboxylic acids is 1. The lowest BCUT2D eigenvalue weighted by Crippen LogP contribution is -2.26. The Bertz CT molecular complexity index is 1230. The number of hydrogen-bond donors (Lipinski definition) is 1. The maximum atomic E-state index is 11.4. The molecule has 0 spiro atoms. The average Bonchev–Trinajstić information content (AvgIpc) is 3.49. The molecule has 0 amide bonds. The van der Waals surface area contributed by atoms with Crippen molar-refractivity contribution in [2.45, 2.75) is 84.3 Å². The predicted molar refractivity (Wildman–Crippen MR) is 141 cm³/mol. The van der Waals surface area contributed by atoms with Crippen LogP contribution in [0, 0.1) is 13.8 Å². The molecule has 0 bridgehead atoms. The highest BCUT2D eigenvalue weighted by Crippen LogP contribution is 2.42. The molecule has 2 aromatic carbocycles. The lowest BCUT2D eigenvalue weighted by atomic mass is 9.70. The molecule has 0 saturated carbocycles. The maximum Gasteiger partial charge on any atom is 0.306 e. The summed E-state index contributed by atoms with van der Waals surface area (Å²) in [6, 6.07) is 16.8. The van der Waals surface area contributed by atoms with E-state index in [4.69, 9.17) is 13.9 Å². The quantitative estimate of drug-likeness (QED) is 0.328. The van der Waals surface area contributed by atoms with Gasteiger partial charge in [-0.25, -0.2) is 0 Å². The second kappa shape index (κ2) is 10.1. The summed E-state index contributed by atoms with van der Waals surface area (Å²) in [6.45, 7) is 12.5. The number of esters is 1. The summed E-state index contributed by atoms with van der Waals surface area (Å²) in [5.41, 5.74) is 4.64. The van der Waals surface area contributed by atoms with Crippen molar-refractivity contribution in [1.29, 1.82) is 0 Å². The molecule has 0 radical (unpaired) electrons. The molecule has 2 heterocycles. The highest BCUT2D eigenvalue weighted by atomic mass is 16.6. The van der Waals surface area contributed by atoms with E-state index in [0.717, 1.165) is 47.5 Å². The van der Waals surface area contributed by atoms with Gasteiger partial charge in [0, 0.05) is 17.4 Å². The molecule has 3 aromatic rings. The summed E-state index contributed by atoms with van der Waals surface area (Å²) in [5, 5.41) is 10.3. The van der Waals surface area contributed by atoms with Gasteiger partial charge in [0.25, 0.3) is 0 Å². The summed E-state index contributed by atoms with van der Waals surface area (Å²) in [4.78, 5) is 11.4. The smallest absolute Gasteiger partial charge is 0.306 e. The van der Waals surface area contributed by atoms with E-state index in [9.17, 15) is 9.90 Å². The summed E-state index contributed by atoms with van der Waals surface area (Å²) < 4.78 is 17.3. The van der Waals surface area contributed by atoms with Crippen molar-refractivity contribution in [1.82, 2.24) is 0 Å². The topological polar surface area (TPSA) is 68.9 Å². The summed E-state index contributed by atoms with van der Waals surface area (Å²) in [5.74, 6) is 2.01. The molecule has 1 aromatic heterocycles. The van der Waals surface area contributed by atoms with E-state index in [-0.39, 0.29) is 17.5 Å². The molecule has 1 saturated heterocycles. The second-order valence-corrected chi connectivity index (χ2v) is 10.5. The lowest BCUT2D eigenvalue weighted by molar-refractivity contribution is -0.142. The van der Waals surface area contributed by atoms with Crippen LogP contribution in [0.1, 0.15) is 81.4 Å². The van der Waals surface area contributed by atoms with E-state index < -0.39 is 5.60 Å². The third-order valence-electron chi connectivity index (χ3n) is 7.58. The standard InChI is InChI=1S/C31H38O5/c1-7-31(8-2,23-10-13-26(21(4)18-23)34-19-24-11-16-29(32)35-24)22-9-12-25(20(3)17-22)27-14-15-28(36-27)30(5,6)33/h9-10,12-15,17-18,24,33H,7-8,11,16,19H2,1-6H3/t24-/m1/s1. The number of rotatable bonds is 9. The fourth-order valence-electron chi connectivity index (χ4n) is 5.27. The Morgan fingerprint density at radius 3 is 2.17 bits per heavy atom. The van der Waals surface area contributed by atoms with E-state index in [1.165, 1.54) is 11.1 Å². The van der Waals surface area contributed by atoms with E-state index in [1.54, 1.807) is 13.8 Å². The van der Waals surface area contributed by atoms with Crippen LogP contribution in [-0.2, 0) is 20.5 Å². The molecular weight excluding hydrogens is 452 g/mol. The first kappa shape index (κ1) is 26.0. The van der Waals surface area contributed by atoms with Crippen LogP contribution in [0.15, 0.2) is 52.9 Å². The number of benzene rings is 2. The van der Waals surface area contributed by atoms with Crippen molar-refractivity contribution >= 4 is 5.97 Å². The fraction of sp³-hybridized carbons (Fsp3) is 0.452. The van der Waals surface area contributed by atoms with Crippen molar-refractivity contribution in [3.8, 4) is 17.1 Å². The first-order valence-electron chi connectivity index (χ1n) is 12.9. The van der Waals surface area contributed by atoms with Crippen LogP contribution < -0.4 is 4.74 Å². The molecule has 4 rings (SSSR count). The zero-order chi connectivity index (χ0) is 26.1. The van der Waals surface area contributed by atoms with Gasteiger partial charge in [-0.15, -0.1) is 0 Å². The molecular formula is C31H38O5. The molecule has 192 valence electrons. The Balaban J connectivity index is 1.61. The van der Waals surface area contributed by atoms with Crippen LogP contribution >= 0.6 is 0 Å². The summed E-state index contributed by atoms with van der Waals surface area (Å²) in [7, 11) is 0. The monoisotopic (exact) mass is 490 g/mol. The lowest BCUT2D eigenvalue weighted by Gasteiger charge is -2.34. The number of carbonyl (C=O) groups is 1. The number of furan rings is 1. The summed E-state index contributed by atoms with van der Waals surface area (Å²) >= 11 is 0. The average molecular weight is 491 g/mol. The molecule has 0 aliphatic carbocycles. The third-order valence-corrected chi connectivity index (χ3v) is 7.58. The molecule has 1 aliphatic rings. The molecule has 0 unspecified atom stereocenters. The van der Waals surface area contributed by atoms with Crippen LogP contribution in [0.3, 0.4) is 0 Å². The van der Waals surface area contributed by atoms with Gasteiger partial charge in [-0.1, -0.05) is 44.2 Å². The SMILES string of the molecule is CCC(CC)(c1ccc(OC[C@H]2CCC(=O)O2)c(C)c1)c1ccc(-c2ccc(C(C)(C)O)o2)c(C)c1. The van der Waals surface area contributed by atoms with Crippen LogP contribution in [0.5, 0.6) is 5.75 Å². The molecule has 1 fully saturated rings. The Labute approximate surface area is 214 Å². The van der Waals surface area contributed by atoms with Gasteiger partial charge in [0.1, 0.15) is 35.6 Å². The minimum atomic E-state index is -1.01. The van der Waals surface area contributed by atoms with E-state index in [0.29, 0.717) is 18.8 Å². The molecule has 5 nitrogen and oxygen atoms in total. The van der Waals surface area contributed by atoms with Crippen molar-refractivity contribution in [2.75, 3.05) is 6.61 Å². The maximum absolute atomic E-state index is 11.4. The van der Waals surface area contributed by atoms with E-state index in [1.807, 2.05) is 18.2 Å². The van der Waals surface area contributed by atoms with E-state index >= 15 is 0 Å². The Kier molecular flexibility index (Phi) is 7.33. The first-order valence-corrected chi connectivity index (χ1v) is 12.9. The van der Waals surface area contributed by atoms with Gasteiger partial charge < -0.3 is 19.0 Å². The first-order chi connectivity index (χ1) is 17.1. The van der Waals surface area contributed by atoms with Gasteiger partial charge in [-0.05, 0) is 87.4 Å². The van der Waals surface area contributed by atoms with Crippen LogP contribution in [-0.4, -0.2) is 23.8 Å². The molecule has 1 N–H and O–H groups in total. The van der Waals surface area contributed by atoms with Crippen molar-refractivity contribution in [3.63, 3.8) is 0 Å². The number of cyclic esters (lactones) is 1. The zero-order valence-electron chi connectivity index (χ0n) is 22.3. The van der Waals surface area contributed by atoms with Crippen LogP contribution in [0.2, 0.25) is 0 Å². The van der Waals surface area contributed by atoms with Gasteiger partial charge in [0.05, 0.1) is 0 Å². The molecule has 36 heavy (non-hydrogen) atoms. The third kappa shape index (κ3) is 5.08. The number of hydrogen-bond acceptors (Lipinski definition) is 5. The Morgan fingerprint density at radius 2 is 1.64 bits per heavy atom. The van der Waals surface area contributed by atoms with Crippen molar-refractivity contribution < 1.29 is 23.8 Å². The van der Waals surface area contributed by atoms with Gasteiger partial charge in [-0.2, -0.15) is 0 Å². The Hall–Kier alpha value is -3.05. The minimum absolute atomic E-state index is 0.130. The molecule has 1 aliphatic heterocycles. The van der Waals surface area contributed by atoms with Gasteiger partial charge in [0.15, 0.2) is 0 Å². The fourth-order valence-corrected chi connectivity index (χ4v) is 5.27. The number of ether oxygens (including phenoxy) is 2. The van der Waals surface area contributed by atoms with Gasteiger partial charge >= 0.3 is 5.97 Å². The highest BCUT2D eigenvalue weighted by Gasteiger charge is 2.32. The Morgan fingerprint density at radius 1 is 0.972 bits per heavy atom. The zero-order valence-corrected chi connectivity index (χ0v) is 22.3. The van der Waals surface area contributed by atoms with Crippen LogP contribution in [0.25, 0.3) is 11.3 Å². The van der Waals surface area contributed by atoms with E-state index in [2.05, 4.69) is 58.0 Å². The van der Waals surface area contributed by atoms with Gasteiger partial charge in [-0.3, -0.25) is 4.79 Å². The largest absolute Gasteiger partial charge is 0.489 e. The highest BCUT2D eigenvalue weighted by molar-refractivity contribution is 5.71. The van der Waals surface area contributed by atoms with Crippen molar-refractivity contribution in [2.24, 2.45) is 0 Å². The normalized spacial score (nSPS) is 16.3. The minimum Gasteiger partial charge on any atom is -0.489 e. The van der Waals surface area contributed by atoms with Gasteiger partial charge in [0.2, 0.25) is 0 Å². The van der Waals surface area contributed by atoms with Crippen LogP contribution in [0.4, 0.5) is 0 Å². The second-order valence-electron chi connectivity index (χ2n) is 10.5. The summed E-state index contributed by atoms with van der Waals surface area (Å²) in [6.07, 6.45) is 2.96. The predicted octanol–water partition coefficient (Wildman–Crippen LogP) is 6.98. The number of aryl methyl sites for hydroxylation is 2. The number of aliphatic hydroxyl groups is 1. The van der Waals surface area contributed by atoms with Crippen molar-refractivity contribution in [3.05, 3.63) is 76.5 Å². The molecule has 5 heteroatoms. The molecule has 1 atom stereocenters.